The highest BCUT2D eigenvalue weighted by atomic mass is 19.4. The van der Waals surface area contributed by atoms with Crippen LogP contribution in [0.1, 0.15) is 31.0 Å². The monoisotopic (exact) mass is 371 g/mol. The summed E-state index contributed by atoms with van der Waals surface area (Å²) >= 11 is 0. The Morgan fingerprint density at radius 1 is 1.31 bits per heavy atom. The molecular weight excluding hydrogens is 354 g/mol. The maximum atomic E-state index is 14.1. The summed E-state index contributed by atoms with van der Waals surface area (Å²) < 4.78 is 54.3. The van der Waals surface area contributed by atoms with E-state index in [1.807, 2.05) is 0 Å². The molecule has 0 saturated carbocycles. The summed E-state index contributed by atoms with van der Waals surface area (Å²) in [6.45, 7) is 1.97. The molecule has 5 nitrogen and oxygen atoms in total. The third-order valence-corrected chi connectivity index (χ3v) is 4.54. The maximum absolute atomic E-state index is 14.1. The summed E-state index contributed by atoms with van der Waals surface area (Å²) in [6.07, 6.45) is -3.68. The highest BCUT2D eigenvalue weighted by Gasteiger charge is 2.57. The highest BCUT2D eigenvalue weighted by molar-refractivity contribution is 5.85. The van der Waals surface area contributed by atoms with Crippen molar-refractivity contribution in [1.29, 1.82) is 0 Å². The summed E-state index contributed by atoms with van der Waals surface area (Å²) in [5.74, 6) is -2.29. The minimum absolute atomic E-state index is 0.0434. The molecule has 0 spiro atoms. The molecule has 26 heavy (non-hydrogen) atoms. The van der Waals surface area contributed by atoms with Gasteiger partial charge in [0.25, 0.3) is 5.91 Å². The molecule has 1 aromatic carbocycles. The molecule has 1 amide bonds. The molecule has 2 atom stereocenters. The van der Waals surface area contributed by atoms with Gasteiger partial charge in [-0.15, -0.1) is 0 Å². The fourth-order valence-electron chi connectivity index (χ4n) is 3.13. The van der Waals surface area contributed by atoms with Gasteiger partial charge in [-0.05, 0) is 19.1 Å². The number of alkyl halides is 3. The minimum atomic E-state index is -5.08. The van der Waals surface area contributed by atoms with Crippen LogP contribution in [0.2, 0.25) is 0 Å². The van der Waals surface area contributed by atoms with Crippen molar-refractivity contribution >= 4 is 5.91 Å². The van der Waals surface area contributed by atoms with Crippen LogP contribution in [0, 0.1) is 5.82 Å². The third-order valence-electron chi connectivity index (χ3n) is 4.54. The molecule has 3 rings (SSSR count). The van der Waals surface area contributed by atoms with E-state index in [1.165, 1.54) is 23.0 Å². The van der Waals surface area contributed by atoms with Gasteiger partial charge in [0, 0.05) is 24.6 Å². The molecule has 0 aliphatic carbocycles. The molecule has 2 heterocycles. The zero-order valence-corrected chi connectivity index (χ0v) is 14.1. The standard InChI is InChI=1S/C17H17F4N3O2/c1-10-8-23(15(25)16(2,26)17(19,20)21)9-11-7-22-24(14(10)11)13-6-4-3-5-12(13)18/h3-7,10,26H,8-9H2,1-2H3. The quantitative estimate of drug-likeness (QED) is 0.826. The molecule has 9 heteroatoms. The molecule has 0 bridgehead atoms. The van der Waals surface area contributed by atoms with E-state index in [1.54, 1.807) is 19.1 Å². The van der Waals surface area contributed by atoms with E-state index in [0.717, 1.165) is 4.90 Å². The van der Waals surface area contributed by atoms with Crippen LogP contribution in [0.25, 0.3) is 5.69 Å². The molecule has 2 aromatic rings. The SMILES string of the molecule is CC1CN(C(=O)C(C)(O)C(F)(F)F)Cc2cnn(-c3ccccc3F)c21. The molecule has 2 unspecified atom stereocenters. The van der Waals surface area contributed by atoms with Crippen molar-refractivity contribution in [3.05, 3.63) is 47.5 Å². The Morgan fingerprint density at radius 2 is 1.96 bits per heavy atom. The van der Waals surface area contributed by atoms with Gasteiger partial charge in [0.15, 0.2) is 0 Å². The van der Waals surface area contributed by atoms with Crippen LogP contribution >= 0.6 is 0 Å². The lowest BCUT2D eigenvalue weighted by atomic mass is 9.95. The zero-order valence-electron chi connectivity index (χ0n) is 14.1. The average molecular weight is 371 g/mol. The fourth-order valence-corrected chi connectivity index (χ4v) is 3.13. The smallest absolute Gasteiger partial charge is 0.373 e. The van der Waals surface area contributed by atoms with E-state index in [9.17, 15) is 27.5 Å². The second kappa shape index (κ2) is 6.08. The Labute approximate surface area is 146 Å². The molecular formula is C17H17F4N3O2. The number of hydrogen-bond donors (Lipinski definition) is 1. The van der Waals surface area contributed by atoms with Gasteiger partial charge in [-0.1, -0.05) is 19.1 Å². The van der Waals surface area contributed by atoms with Gasteiger partial charge in [-0.25, -0.2) is 9.07 Å². The number of para-hydroxylation sites is 1. The summed E-state index contributed by atoms with van der Waals surface area (Å²) in [5, 5.41) is 13.8. The minimum Gasteiger partial charge on any atom is -0.373 e. The van der Waals surface area contributed by atoms with Crippen molar-refractivity contribution in [3.63, 3.8) is 0 Å². The van der Waals surface area contributed by atoms with E-state index in [2.05, 4.69) is 5.10 Å². The van der Waals surface area contributed by atoms with Crippen LogP contribution in [0.4, 0.5) is 17.6 Å². The Hall–Kier alpha value is -2.42. The first-order chi connectivity index (χ1) is 12.0. The first-order valence-corrected chi connectivity index (χ1v) is 7.94. The molecule has 1 aliphatic heterocycles. The summed E-state index contributed by atoms with van der Waals surface area (Å²) in [6, 6.07) is 6.02. The summed E-state index contributed by atoms with van der Waals surface area (Å²) in [5.41, 5.74) is -2.10. The first kappa shape index (κ1) is 18.4. The lowest BCUT2D eigenvalue weighted by Gasteiger charge is -2.36. The summed E-state index contributed by atoms with van der Waals surface area (Å²) in [7, 11) is 0. The number of fused-ring (bicyclic) bond motifs is 1. The Kier molecular flexibility index (Phi) is 4.30. The normalized spacial score (nSPS) is 19.8. The van der Waals surface area contributed by atoms with Crippen LogP contribution in [-0.2, 0) is 11.3 Å². The van der Waals surface area contributed by atoms with Crippen LogP contribution in [0.3, 0.4) is 0 Å². The van der Waals surface area contributed by atoms with Crippen molar-refractivity contribution in [2.75, 3.05) is 6.54 Å². The van der Waals surface area contributed by atoms with E-state index in [4.69, 9.17) is 0 Å². The van der Waals surface area contributed by atoms with Crippen molar-refractivity contribution in [2.24, 2.45) is 0 Å². The van der Waals surface area contributed by atoms with Gasteiger partial charge in [0.1, 0.15) is 11.5 Å². The number of carbonyl (C=O) groups is 1. The maximum Gasteiger partial charge on any atom is 0.426 e. The molecule has 1 aliphatic rings. The lowest BCUT2D eigenvalue weighted by molar-refractivity contribution is -0.250. The van der Waals surface area contributed by atoms with Gasteiger partial charge in [0.2, 0.25) is 5.60 Å². The number of hydrogen-bond acceptors (Lipinski definition) is 3. The van der Waals surface area contributed by atoms with Gasteiger partial charge >= 0.3 is 6.18 Å². The Morgan fingerprint density at radius 3 is 2.58 bits per heavy atom. The number of aromatic nitrogens is 2. The van der Waals surface area contributed by atoms with Crippen LogP contribution in [0.15, 0.2) is 30.5 Å². The number of nitrogens with zero attached hydrogens (tertiary/aromatic N) is 3. The van der Waals surface area contributed by atoms with Gasteiger partial charge in [0.05, 0.1) is 11.9 Å². The fraction of sp³-hybridized carbons (Fsp3) is 0.412. The number of amides is 1. The predicted octanol–water partition coefficient (Wildman–Crippen LogP) is 2.77. The van der Waals surface area contributed by atoms with Gasteiger partial charge < -0.3 is 10.0 Å². The first-order valence-electron chi connectivity index (χ1n) is 7.94. The van der Waals surface area contributed by atoms with Crippen LogP contribution in [-0.4, -0.2) is 44.0 Å². The van der Waals surface area contributed by atoms with E-state index in [-0.39, 0.29) is 18.8 Å². The van der Waals surface area contributed by atoms with Crippen LogP contribution in [0.5, 0.6) is 0 Å². The van der Waals surface area contributed by atoms with Gasteiger partial charge in [-0.3, -0.25) is 4.79 Å². The molecule has 0 radical (unpaired) electrons. The zero-order chi connectivity index (χ0) is 19.3. The summed E-state index contributed by atoms with van der Waals surface area (Å²) in [4.78, 5) is 13.2. The van der Waals surface area contributed by atoms with Crippen molar-refractivity contribution in [1.82, 2.24) is 14.7 Å². The highest BCUT2D eigenvalue weighted by Crippen LogP contribution is 2.36. The Balaban J connectivity index is 1.94. The second-order valence-electron chi connectivity index (χ2n) is 6.57. The molecule has 140 valence electrons. The number of aliphatic hydroxyl groups is 1. The topological polar surface area (TPSA) is 58.4 Å². The van der Waals surface area contributed by atoms with Crippen molar-refractivity contribution in [3.8, 4) is 5.69 Å². The van der Waals surface area contributed by atoms with E-state index in [0.29, 0.717) is 18.2 Å². The van der Waals surface area contributed by atoms with Crippen LogP contribution < -0.4 is 0 Å². The second-order valence-corrected chi connectivity index (χ2v) is 6.57. The number of carbonyl (C=O) groups excluding carboxylic acids is 1. The largest absolute Gasteiger partial charge is 0.426 e. The molecule has 1 N–H and O–H groups in total. The predicted molar refractivity (Wildman–Crippen MR) is 84.0 cm³/mol. The van der Waals surface area contributed by atoms with Crippen molar-refractivity contribution < 1.29 is 27.5 Å². The number of rotatable bonds is 2. The molecule has 0 fully saturated rings. The lowest BCUT2D eigenvalue weighted by Crippen LogP contribution is -2.57. The average Bonchev–Trinajstić information content (AvgIpc) is 2.97. The van der Waals surface area contributed by atoms with E-state index >= 15 is 0 Å². The van der Waals surface area contributed by atoms with Crippen molar-refractivity contribution in [2.45, 2.75) is 38.1 Å². The van der Waals surface area contributed by atoms with E-state index < -0.39 is 29.4 Å². The number of benzene rings is 1. The third kappa shape index (κ3) is 2.86. The number of halogens is 4. The molecule has 1 aromatic heterocycles. The molecule has 0 saturated heterocycles. The van der Waals surface area contributed by atoms with Gasteiger partial charge in [-0.2, -0.15) is 18.3 Å². The Bertz CT molecular complexity index is 845.